The van der Waals surface area contributed by atoms with Crippen LogP contribution in [0.1, 0.15) is 92.4 Å². The highest BCUT2D eigenvalue weighted by Gasteiger charge is 2.36. The molecule has 3 saturated heterocycles. The van der Waals surface area contributed by atoms with Crippen molar-refractivity contribution in [3.05, 3.63) is 95.1 Å². The fourth-order valence-corrected chi connectivity index (χ4v) is 7.54. The van der Waals surface area contributed by atoms with Gasteiger partial charge >= 0.3 is 0 Å². The lowest BCUT2D eigenvalue weighted by Crippen LogP contribution is -2.45. The number of hydroxylamine groups is 1. The molecule has 2 amide bonds. The first kappa shape index (κ1) is 36.2. The van der Waals surface area contributed by atoms with E-state index in [0.717, 1.165) is 59.4 Å². The Bertz CT molecular complexity index is 1540. The molecule has 0 radical (unpaired) electrons. The van der Waals surface area contributed by atoms with Crippen LogP contribution in [0.25, 0.3) is 11.1 Å². The summed E-state index contributed by atoms with van der Waals surface area (Å²) in [5, 5.41) is 21.2. The van der Waals surface area contributed by atoms with Gasteiger partial charge in [-0.3, -0.25) is 19.7 Å². The molecule has 3 aromatic rings. The molecular weight excluding hydrogens is 632 g/mol. The van der Waals surface area contributed by atoms with Crippen molar-refractivity contribution in [2.75, 3.05) is 32.7 Å². The number of hydrogen-bond donors (Lipinski definition) is 4. The van der Waals surface area contributed by atoms with Gasteiger partial charge in [0.2, 0.25) is 11.8 Å². The first-order valence-electron chi connectivity index (χ1n) is 18.3. The zero-order chi connectivity index (χ0) is 34.7. The molecule has 10 nitrogen and oxygen atoms in total. The number of amides is 2. The Morgan fingerprint density at radius 1 is 0.780 bits per heavy atom. The van der Waals surface area contributed by atoms with Gasteiger partial charge in [-0.2, -0.15) is 0 Å². The quantitative estimate of drug-likeness (QED) is 0.0923. The highest BCUT2D eigenvalue weighted by Crippen LogP contribution is 2.39. The predicted molar refractivity (Wildman–Crippen MR) is 191 cm³/mol. The molecule has 3 heterocycles. The van der Waals surface area contributed by atoms with Crippen LogP contribution in [0.5, 0.6) is 0 Å². The molecule has 268 valence electrons. The Balaban J connectivity index is 1.13. The van der Waals surface area contributed by atoms with Gasteiger partial charge in [0.1, 0.15) is 0 Å². The van der Waals surface area contributed by atoms with Crippen molar-refractivity contribution >= 4 is 11.8 Å². The highest BCUT2D eigenvalue weighted by molar-refractivity contribution is 5.76. The predicted octanol–water partition coefficient (Wildman–Crippen LogP) is 5.63. The van der Waals surface area contributed by atoms with Crippen molar-refractivity contribution in [1.82, 2.24) is 20.6 Å². The number of hydrogen-bond acceptors (Lipinski definition) is 8. The lowest BCUT2D eigenvalue weighted by molar-refractivity contribution is -0.253. The van der Waals surface area contributed by atoms with E-state index in [1.807, 2.05) is 30.3 Å². The SMILES string of the molecule is O=C(CCCCC(=O)NCc1cccc(-c2cccc(C3OC(CN4CCCC4CN4CCCC4)CC(c4ccc(CO)cc4)O3)c2)c1)NO. The average molecular weight is 685 g/mol. The van der Waals surface area contributed by atoms with Crippen LogP contribution in [0.2, 0.25) is 0 Å². The molecule has 3 aliphatic heterocycles. The van der Waals surface area contributed by atoms with Crippen LogP contribution in [0.4, 0.5) is 0 Å². The van der Waals surface area contributed by atoms with E-state index in [0.29, 0.717) is 31.8 Å². The van der Waals surface area contributed by atoms with Crippen LogP contribution in [-0.4, -0.2) is 76.8 Å². The monoisotopic (exact) mass is 684 g/mol. The Labute approximate surface area is 295 Å². The van der Waals surface area contributed by atoms with Crippen molar-refractivity contribution in [2.45, 2.75) is 95.5 Å². The maximum atomic E-state index is 12.4. The van der Waals surface area contributed by atoms with E-state index in [4.69, 9.17) is 14.7 Å². The Morgan fingerprint density at radius 3 is 2.28 bits per heavy atom. The van der Waals surface area contributed by atoms with Crippen LogP contribution in [0, 0.1) is 0 Å². The number of carbonyl (C=O) groups is 2. The second-order valence-corrected chi connectivity index (χ2v) is 14.0. The topological polar surface area (TPSA) is 124 Å². The first-order chi connectivity index (χ1) is 24.5. The van der Waals surface area contributed by atoms with Gasteiger partial charge in [-0.05, 0) is 98.1 Å². The molecule has 0 saturated carbocycles. The van der Waals surface area contributed by atoms with Crippen LogP contribution in [-0.2, 0) is 32.2 Å². The van der Waals surface area contributed by atoms with E-state index >= 15 is 0 Å². The Morgan fingerprint density at radius 2 is 1.52 bits per heavy atom. The Kier molecular flexibility index (Phi) is 13.0. The molecule has 3 aromatic carbocycles. The van der Waals surface area contributed by atoms with E-state index in [1.165, 1.54) is 38.8 Å². The van der Waals surface area contributed by atoms with Gasteiger partial charge in [0, 0.05) is 50.5 Å². The normalized spacial score (nSPS) is 22.8. The summed E-state index contributed by atoms with van der Waals surface area (Å²) in [5.41, 5.74) is 7.64. The molecule has 3 fully saturated rings. The van der Waals surface area contributed by atoms with Gasteiger partial charge in [0.05, 0.1) is 18.8 Å². The summed E-state index contributed by atoms with van der Waals surface area (Å²) in [4.78, 5) is 28.8. The van der Waals surface area contributed by atoms with Gasteiger partial charge in [-0.1, -0.05) is 60.7 Å². The lowest BCUT2D eigenvalue weighted by atomic mass is 9.98. The van der Waals surface area contributed by atoms with Crippen LogP contribution in [0.3, 0.4) is 0 Å². The minimum Gasteiger partial charge on any atom is -0.392 e. The van der Waals surface area contributed by atoms with Crippen molar-refractivity contribution < 1.29 is 29.4 Å². The summed E-state index contributed by atoms with van der Waals surface area (Å²) in [5.74, 6) is -0.510. The number of carbonyl (C=O) groups excluding carboxylic acids is 2. The van der Waals surface area contributed by atoms with Crippen molar-refractivity contribution in [1.29, 1.82) is 0 Å². The van der Waals surface area contributed by atoms with Crippen molar-refractivity contribution in [2.24, 2.45) is 0 Å². The second kappa shape index (κ2) is 18.0. The maximum Gasteiger partial charge on any atom is 0.243 e. The maximum absolute atomic E-state index is 12.4. The molecule has 50 heavy (non-hydrogen) atoms. The number of rotatable bonds is 15. The number of nitrogens with zero attached hydrogens (tertiary/aromatic N) is 2. The van der Waals surface area contributed by atoms with Gasteiger partial charge in [-0.15, -0.1) is 0 Å². The standard InChI is InChI=1S/C40H52N4O6/c45-28-29-15-17-31(18-16-29)37-24-36(27-44-21-7-12-35(44)26-43-19-3-4-20-43)49-40(50-37)34-11-6-10-33(23-34)32-9-5-8-30(22-32)25-41-38(46)13-1-2-14-39(47)42-48/h5-6,8-11,15-18,22-23,35-37,40,45,48H,1-4,7,12-14,19-21,24-28H2,(H,41,46)(H,42,47). The number of aliphatic hydroxyl groups excluding tert-OH is 1. The minimum absolute atomic E-state index is 0.0119. The molecule has 6 rings (SSSR count). The minimum atomic E-state index is -0.526. The summed E-state index contributed by atoms with van der Waals surface area (Å²) in [7, 11) is 0. The van der Waals surface area contributed by atoms with Crippen molar-refractivity contribution in [3.8, 4) is 11.1 Å². The molecule has 4 atom stereocenters. The third-order valence-electron chi connectivity index (χ3n) is 10.3. The number of unbranched alkanes of at least 4 members (excludes halogenated alkanes) is 1. The van der Waals surface area contributed by atoms with E-state index in [-0.39, 0.29) is 31.1 Å². The Hall–Kier alpha value is -3.64. The third kappa shape index (κ3) is 9.99. The molecule has 0 bridgehead atoms. The molecule has 0 aromatic heterocycles. The fourth-order valence-electron chi connectivity index (χ4n) is 7.54. The molecule has 4 N–H and O–H groups in total. The van der Waals surface area contributed by atoms with Gasteiger partial charge < -0.3 is 24.8 Å². The number of likely N-dealkylation sites (tertiary alicyclic amines) is 2. The lowest BCUT2D eigenvalue weighted by Gasteiger charge is -2.39. The van der Waals surface area contributed by atoms with E-state index < -0.39 is 12.2 Å². The largest absolute Gasteiger partial charge is 0.392 e. The number of nitrogens with one attached hydrogen (secondary N) is 2. The van der Waals surface area contributed by atoms with E-state index in [1.54, 1.807) is 5.48 Å². The van der Waals surface area contributed by atoms with E-state index in [2.05, 4.69) is 57.6 Å². The van der Waals surface area contributed by atoms with Gasteiger partial charge in [0.25, 0.3) is 0 Å². The summed E-state index contributed by atoms with van der Waals surface area (Å²) in [6, 6.07) is 25.2. The van der Waals surface area contributed by atoms with Gasteiger partial charge in [0.15, 0.2) is 6.29 Å². The van der Waals surface area contributed by atoms with Crippen molar-refractivity contribution in [3.63, 3.8) is 0 Å². The summed E-state index contributed by atoms with van der Waals surface area (Å²) in [6.07, 6.45) is 6.85. The van der Waals surface area contributed by atoms with Crippen LogP contribution < -0.4 is 10.8 Å². The smallest absolute Gasteiger partial charge is 0.243 e. The molecule has 0 aliphatic carbocycles. The number of benzene rings is 3. The highest BCUT2D eigenvalue weighted by atomic mass is 16.7. The zero-order valence-electron chi connectivity index (χ0n) is 29.0. The summed E-state index contributed by atoms with van der Waals surface area (Å²) < 4.78 is 13.5. The zero-order valence-corrected chi connectivity index (χ0v) is 29.0. The summed E-state index contributed by atoms with van der Waals surface area (Å²) >= 11 is 0. The van der Waals surface area contributed by atoms with Gasteiger partial charge in [-0.25, -0.2) is 5.48 Å². The van der Waals surface area contributed by atoms with E-state index in [9.17, 15) is 14.7 Å². The molecular formula is C40H52N4O6. The average Bonchev–Trinajstić information content (AvgIpc) is 3.85. The third-order valence-corrected chi connectivity index (χ3v) is 10.3. The fraction of sp³-hybridized carbons (Fsp3) is 0.500. The molecule has 10 heteroatoms. The van der Waals surface area contributed by atoms with Crippen LogP contribution >= 0.6 is 0 Å². The van der Waals surface area contributed by atoms with Crippen LogP contribution in [0.15, 0.2) is 72.8 Å². The molecule has 4 unspecified atom stereocenters. The molecule has 0 spiro atoms. The second-order valence-electron chi connectivity index (χ2n) is 14.0. The number of aliphatic hydroxyl groups is 1. The summed E-state index contributed by atoms with van der Waals surface area (Å²) in [6.45, 7) is 6.00. The first-order valence-corrected chi connectivity index (χ1v) is 18.3. The molecule has 3 aliphatic rings. The number of ether oxygens (including phenoxy) is 2.